The summed E-state index contributed by atoms with van der Waals surface area (Å²) in [6, 6.07) is 34.5. The maximum Gasteiger partial charge on any atom is 0.272 e. The summed E-state index contributed by atoms with van der Waals surface area (Å²) in [5, 5.41) is 4.96. The number of rotatable bonds is 8. The lowest BCUT2D eigenvalue weighted by Gasteiger charge is -2.11. The Labute approximate surface area is 215 Å². The third-order valence-electron chi connectivity index (χ3n) is 5.83. The molecular weight excluding hydrogens is 462 g/mol. The monoisotopic (exact) mass is 487 g/mol. The van der Waals surface area contributed by atoms with Crippen LogP contribution in [-0.4, -0.2) is 24.2 Å². The zero-order valence-electron chi connectivity index (χ0n) is 20.3. The number of hydrogen-bond acceptors (Lipinski definition) is 5. The van der Waals surface area contributed by atoms with E-state index in [1.807, 2.05) is 103 Å². The molecule has 1 amide bonds. The van der Waals surface area contributed by atoms with Gasteiger partial charge in [-0.2, -0.15) is 5.10 Å². The third kappa shape index (κ3) is 5.65. The van der Waals surface area contributed by atoms with Crippen LogP contribution in [0, 0.1) is 0 Å². The molecule has 1 N–H and O–H groups in total. The van der Waals surface area contributed by atoms with Gasteiger partial charge in [0.25, 0.3) is 5.91 Å². The largest absolute Gasteiger partial charge is 0.493 e. The second-order valence-electron chi connectivity index (χ2n) is 8.32. The number of ether oxygens (including phenoxy) is 2. The second kappa shape index (κ2) is 11.2. The van der Waals surface area contributed by atoms with Crippen LogP contribution < -0.4 is 14.9 Å². The van der Waals surface area contributed by atoms with Crippen LogP contribution in [0.5, 0.6) is 11.5 Å². The molecule has 1 heterocycles. The van der Waals surface area contributed by atoms with Crippen LogP contribution in [0.4, 0.5) is 0 Å². The maximum atomic E-state index is 13.2. The lowest BCUT2D eigenvalue weighted by Crippen LogP contribution is -2.18. The van der Waals surface area contributed by atoms with Crippen molar-refractivity contribution in [3.05, 3.63) is 126 Å². The average Bonchev–Trinajstić information content (AvgIpc) is 2.96. The molecule has 0 aliphatic carbocycles. The Balaban J connectivity index is 1.35. The quantitative estimate of drug-likeness (QED) is 0.207. The minimum Gasteiger partial charge on any atom is -0.493 e. The first-order chi connectivity index (χ1) is 18.2. The molecule has 182 valence electrons. The molecule has 37 heavy (non-hydrogen) atoms. The average molecular weight is 488 g/mol. The van der Waals surface area contributed by atoms with Crippen molar-refractivity contribution in [1.82, 2.24) is 10.4 Å². The molecule has 0 fully saturated rings. The second-order valence-corrected chi connectivity index (χ2v) is 8.32. The number of nitrogens with one attached hydrogen (secondary N) is 1. The number of nitrogens with zero attached hydrogens (tertiary/aromatic N) is 2. The number of carbonyl (C=O) groups excluding carboxylic acids is 1. The van der Waals surface area contributed by atoms with Crippen molar-refractivity contribution < 1.29 is 14.3 Å². The van der Waals surface area contributed by atoms with E-state index in [9.17, 15) is 4.79 Å². The summed E-state index contributed by atoms with van der Waals surface area (Å²) in [7, 11) is 1.60. The first-order valence-corrected chi connectivity index (χ1v) is 11.8. The smallest absolute Gasteiger partial charge is 0.272 e. The standard InChI is InChI=1S/C31H25N3O3/c1-36-29-17-16-23(18-30(29)37-21-22-10-4-2-5-11-22)20-32-34-31(35)26-19-28(24-12-6-3-7-13-24)33-27-15-9-8-14-25(26)27/h2-20H,21H2,1H3,(H,34,35). The summed E-state index contributed by atoms with van der Waals surface area (Å²) in [6.45, 7) is 0.410. The fourth-order valence-electron chi connectivity index (χ4n) is 3.97. The molecule has 0 bridgehead atoms. The van der Waals surface area contributed by atoms with Gasteiger partial charge in [0.15, 0.2) is 11.5 Å². The van der Waals surface area contributed by atoms with Crippen molar-refractivity contribution in [1.29, 1.82) is 0 Å². The van der Waals surface area contributed by atoms with Crippen molar-refractivity contribution >= 4 is 23.0 Å². The summed E-state index contributed by atoms with van der Waals surface area (Å²) in [5.41, 5.74) is 7.37. The lowest BCUT2D eigenvalue weighted by atomic mass is 10.0. The van der Waals surface area contributed by atoms with Gasteiger partial charge in [-0.15, -0.1) is 0 Å². The van der Waals surface area contributed by atoms with E-state index in [1.54, 1.807) is 19.4 Å². The summed E-state index contributed by atoms with van der Waals surface area (Å²) in [5.74, 6) is 0.893. The Morgan fingerprint density at radius 2 is 1.59 bits per heavy atom. The van der Waals surface area contributed by atoms with Gasteiger partial charge < -0.3 is 9.47 Å². The first-order valence-electron chi connectivity index (χ1n) is 11.8. The Morgan fingerprint density at radius 1 is 0.865 bits per heavy atom. The van der Waals surface area contributed by atoms with Gasteiger partial charge >= 0.3 is 0 Å². The maximum absolute atomic E-state index is 13.2. The molecule has 0 saturated carbocycles. The van der Waals surface area contributed by atoms with Crippen LogP contribution in [-0.2, 0) is 6.61 Å². The van der Waals surface area contributed by atoms with E-state index in [-0.39, 0.29) is 5.91 Å². The minimum atomic E-state index is -0.318. The fourth-order valence-corrected chi connectivity index (χ4v) is 3.97. The Bertz CT molecular complexity index is 1550. The molecule has 0 spiro atoms. The Kier molecular flexibility index (Phi) is 7.18. The summed E-state index contributed by atoms with van der Waals surface area (Å²) in [4.78, 5) is 17.9. The molecule has 5 rings (SSSR count). The SMILES string of the molecule is COc1ccc(C=NNC(=O)c2cc(-c3ccccc3)nc3ccccc23)cc1OCc1ccccc1. The van der Waals surface area contributed by atoms with Gasteiger partial charge in [0.2, 0.25) is 0 Å². The molecular formula is C31H25N3O3. The van der Waals surface area contributed by atoms with E-state index >= 15 is 0 Å². The highest BCUT2D eigenvalue weighted by atomic mass is 16.5. The highest BCUT2D eigenvalue weighted by Crippen LogP contribution is 2.28. The van der Waals surface area contributed by atoms with Crippen LogP contribution in [0.2, 0.25) is 0 Å². The fraction of sp³-hybridized carbons (Fsp3) is 0.0645. The molecule has 0 saturated heterocycles. The summed E-state index contributed by atoms with van der Waals surface area (Å²) in [6.07, 6.45) is 1.58. The molecule has 5 aromatic rings. The number of benzene rings is 4. The number of fused-ring (bicyclic) bond motifs is 1. The molecule has 0 radical (unpaired) electrons. The molecule has 4 aromatic carbocycles. The van der Waals surface area contributed by atoms with Crippen molar-refractivity contribution in [3.8, 4) is 22.8 Å². The van der Waals surface area contributed by atoms with Crippen LogP contribution in [0.1, 0.15) is 21.5 Å². The van der Waals surface area contributed by atoms with Crippen molar-refractivity contribution in [2.45, 2.75) is 6.61 Å². The van der Waals surface area contributed by atoms with Gasteiger partial charge in [-0.3, -0.25) is 4.79 Å². The van der Waals surface area contributed by atoms with Crippen LogP contribution >= 0.6 is 0 Å². The number of methoxy groups -OCH3 is 1. The van der Waals surface area contributed by atoms with Gasteiger partial charge in [-0.05, 0) is 41.5 Å². The van der Waals surface area contributed by atoms with E-state index in [0.717, 1.165) is 33.3 Å². The Morgan fingerprint density at radius 3 is 2.38 bits per heavy atom. The van der Waals surface area contributed by atoms with Crippen molar-refractivity contribution in [2.24, 2.45) is 5.10 Å². The van der Waals surface area contributed by atoms with E-state index in [4.69, 9.17) is 14.5 Å². The zero-order chi connectivity index (χ0) is 25.5. The van der Waals surface area contributed by atoms with Gasteiger partial charge in [0.1, 0.15) is 6.61 Å². The number of pyridine rings is 1. The number of para-hydroxylation sites is 1. The van der Waals surface area contributed by atoms with Crippen LogP contribution in [0.3, 0.4) is 0 Å². The topological polar surface area (TPSA) is 72.8 Å². The van der Waals surface area contributed by atoms with E-state index in [1.165, 1.54) is 0 Å². The van der Waals surface area contributed by atoms with Crippen LogP contribution in [0.25, 0.3) is 22.2 Å². The highest BCUT2D eigenvalue weighted by Gasteiger charge is 2.13. The van der Waals surface area contributed by atoms with Gasteiger partial charge in [-0.25, -0.2) is 10.4 Å². The number of aromatic nitrogens is 1. The molecule has 6 nitrogen and oxygen atoms in total. The van der Waals surface area contributed by atoms with Crippen molar-refractivity contribution in [2.75, 3.05) is 7.11 Å². The normalized spacial score (nSPS) is 10.9. The summed E-state index contributed by atoms with van der Waals surface area (Å²) >= 11 is 0. The van der Waals surface area contributed by atoms with E-state index < -0.39 is 0 Å². The molecule has 6 heteroatoms. The third-order valence-corrected chi connectivity index (χ3v) is 5.83. The predicted molar refractivity (Wildman–Crippen MR) is 146 cm³/mol. The molecule has 0 atom stereocenters. The number of hydrazone groups is 1. The molecule has 0 aliphatic rings. The predicted octanol–water partition coefficient (Wildman–Crippen LogP) is 6.25. The van der Waals surface area contributed by atoms with Crippen molar-refractivity contribution in [3.63, 3.8) is 0 Å². The number of carbonyl (C=O) groups is 1. The first kappa shape index (κ1) is 23.8. The number of hydrogen-bond donors (Lipinski definition) is 1. The van der Waals surface area contributed by atoms with Gasteiger partial charge in [-0.1, -0.05) is 78.9 Å². The lowest BCUT2D eigenvalue weighted by molar-refractivity contribution is 0.0956. The molecule has 0 unspecified atom stereocenters. The molecule has 0 aliphatic heterocycles. The highest BCUT2D eigenvalue weighted by molar-refractivity contribution is 6.07. The number of amides is 1. The van der Waals surface area contributed by atoms with E-state index in [2.05, 4.69) is 10.5 Å². The summed E-state index contributed by atoms with van der Waals surface area (Å²) < 4.78 is 11.4. The Hall–Kier alpha value is -4.97. The zero-order valence-corrected chi connectivity index (χ0v) is 20.3. The van der Waals surface area contributed by atoms with Gasteiger partial charge in [0, 0.05) is 10.9 Å². The van der Waals surface area contributed by atoms with Crippen LogP contribution in [0.15, 0.2) is 114 Å². The van der Waals surface area contributed by atoms with Gasteiger partial charge in [0.05, 0.1) is 30.1 Å². The minimum absolute atomic E-state index is 0.318. The molecule has 1 aromatic heterocycles. The van der Waals surface area contributed by atoms with E-state index in [0.29, 0.717) is 23.7 Å².